The van der Waals surface area contributed by atoms with E-state index in [1.807, 2.05) is 36.6 Å². The SMILES string of the molecule is CC[C@H](C)[C@H](C(=O)Cc1cncn1Cc1ccc(C#N)cc1)C(N)N(Cc1ccccc1C(F)(F)F)C(=S)Nc1cccc(Br)c1. The van der Waals surface area contributed by atoms with Crippen LogP contribution in [0, 0.1) is 23.2 Å². The fourth-order valence-corrected chi connectivity index (χ4v) is 6.00. The van der Waals surface area contributed by atoms with Gasteiger partial charge in [0.1, 0.15) is 5.78 Å². The van der Waals surface area contributed by atoms with E-state index in [9.17, 15) is 18.0 Å². The van der Waals surface area contributed by atoms with Crippen molar-refractivity contribution < 1.29 is 18.0 Å². The number of alkyl halides is 3. The van der Waals surface area contributed by atoms with Gasteiger partial charge in [-0.2, -0.15) is 18.4 Å². The van der Waals surface area contributed by atoms with Gasteiger partial charge < -0.3 is 20.5 Å². The summed E-state index contributed by atoms with van der Waals surface area (Å²) in [5.74, 6) is -1.17. The fourth-order valence-electron chi connectivity index (χ4n) is 5.30. The number of hydrogen-bond acceptors (Lipinski definition) is 5. The van der Waals surface area contributed by atoms with Gasteiger partial charge in [0.15, 0.2) is 5.11 Å². The van der Waals surface area contributed by atoms with Crippen molar-refractivity contribution in [3.8, 4) is 6.07 Å². The Labute approximate surface area is 280 Å². The van der Waals surface area contributed by atoms with E-state index in [-0.39, 0.29) is 35.3 Å². The molecule has 3 N–H and O–H groups in total. The number of aromatic nitrogens is 2. The zero-order valence-electron chi connectivity index (χ0n) is 25.3. The minimum absolute atomic E-state index is 0.0117. The molecule has 0 bridgehead atoms. The summed E-state index contributed by atoms with van der Waals surface area (Å²) in [6, 6.07) is 21.7. The van der Waals surface area contributed by atoms with Gasteiger partial charge in [-0.15, -0.1) is 0 Å². The Morgan fingerprint density at radius 1 is 1.15 bits per heavy atom. The molecule has 0 spiro atoms. The van der Waals surface area contributed by atoms with E-state index in [1.54, 1.807) is 42.9 Å². The number of nitriles is 1. The minimum Gasteiger partial charge on any atom is -0.333 e. The molecular weight excluding hydrogens is 677 g/mol. The van der Waals surface area contributed by atoms with Crippen molar-refractivity contribution in [1.82, 2.24) is 14.5 Å². The van der Waals surface area contributed by atoms with E-state index in [0.717, 1.165) is 16.1 Å². The maximum absolute atomic E-state index is 14.1. The standard InChI is InChI=1S/C34H34BrF3N6OS/c1-3-22(2)31(30(45)16-28-18-41-21-43(28)19-24-13-11-23(17-39)12-14-24)32(40)44(33(46)42-27-9-6-8-26(35)15-27)20-25-7-4-5-10-29(25)34(36,37)38/h4-15,18,21-22,31-32H,3,16,19-20,40H2,1-2H3,(H,42,46)/t22-,31+,32?/m0/s1. The molecule has 1 unspecified atom stereocenters. The Morgan fingerprint density at radius 3 is 2.52 bits per heavy atom. The van der Waals surface area contributed by atoms with E-state index in [4.69, 9.17) is 23.2 Å². The molecule has 0 aliphatic heterocycles. The lowest BCUT2D eigenvalue weighted by Crippen LogP contribution is -2.55. The molecule has 0 radical (unpaired) electrons. The zero-order valence-corrected chi connectivity index (χ0v) is 27.7. The van der Waals surface area contributed by atoms with E-state index in [1.165, 1.54) is 23.1 Å². The van der Waals surface area contributed by atoms with Crippen LogP contribution < -0.4 is 11.1 Å². The van der Waals surface area contributed by atoms with Crippen LogP contribution in [0.1, 0.15) is 48.2 Å². The number of ketones is 1. The van der Waals surface area contributed by atoms with Crippen molar-refractivity contribution in [2.24, 2.45) is 17.6 Å². The summed E-state index contributed by atoms with van der Waals surface area (Å²) < 4.78 is 44.7. The van der Waals surface area contributed by atoms with E-state index >= 15 is 0 Å². The second-order valence-corrected chi connectivity index (χ2v) is 12.4. The van der Waals surface area contributed by atoms with E-state index in [0.29, 0.717) is 29.9 Å². The van der Waals surface area contributed by atoms with Crippen molar-refractivity contribution in [2.45, 2.75) is 52.1 Å². The Bertz CT molecular complexity index is 1700. The molecule has 4 rings (SSSR count). The first-order valence-electron chi connectivity index (χ1n) is 14.7. The monoisotopic (exact) mass is 710 g/mol. The summed E-state index contributed by atoms with van der Waals surface area (Å²) in [7, 11) is 0. The molecule has 0 amide bonds. The van der Waals surface area contributed by atoms with Gasteiger partial charge in [0.05, 0.1) is 35.6 Å². The van der Waals surface area contributed by atoms with Crippen molar-refractivity contribution >= 4 is 44.7 Å². The molecule has 0 fully saturated rings. The average molecular weight is 712 g/mol. The first-order chi connectivity index (χ1) is 21.9. The zero-order chi connectivity index (χ0) is 33.4. The summed E-state index contributed by atoms with van der Waals surface area (Å²) in [6.07, 6.45) is -1.77. The van der Waals surface area contributed by atoms with Gasteiger partial charge in [-0.05, 0) is 65.7 Å². The lowest BCUT2D eigenvalue weighted by atomic mass is 9.83. The van der Waals surface area contributed by atoms with Crippen LogP contribution in [0.15, 0.2) is 89.8 Å². The predicted molar refractivity (Wildman–Crippen MR) is 179 cm³/mol. The summed E-state index contributed by atoms with van der Waals surface area (Å²) in [5, 5.41) is 12.3. The van der Waals surface area contributed by atoms with Crippen LogP contribution in [0.5, 0.6) is 0 Å². The number of Topliss-reactive ketones (excluding diaryl/α,β-unsaturated/α-hetero) is 1. The Balaban J connectivity index is 1.65. The number of nitrogens with one attached hydrogen (secondary N) is 1. The summed E-state index contributed by atoms with van der Waals surface area (Å²) in [6.45, 7) is 4.01. The van der Waals surface area contributed by atoms with Crippen LogP contribution in [0.25, 0.3) is 0 Å². The Morgan fingerprint density at radius 2 is 1.87 bits per heavy atom. The number of thiocarbonyl (C=S) groups is 1. The molecule has 46 heavy (non-hydrogen) atoms. The van der Waals surface area contributed by atoms with Gasteiger partial charge in [0.25, 0.3) is 0 Å². The highest BCUT2D eigenvalue weighted by Crippen LogP contribution is 2.34. The molecule has 7 nitrogen and oxygen atoms in total. The fraction of sp³-hybridized carbons (Fsp3) is 0.294. The number of rotatable bonds is 12. The number of benzene rings is 3. The van der Waals surface area contributed by atoms with Gasteiger partial charge in [-0.1, -0.05) is 72.6 Å². The summed E-state index contributed by atoms with van der Waals surface area (Å²) in [4.78, 5) is 19.8. The quantitative estimate of drug-likeness (QED) is 0.116. The van der Waals surface area contributed by atoms with Crippen molar-refractivity contribution in [2.75, 3.05) is 5.32 Å². The van der Waals surface area contributed by atoms with Gasteiger partial charge in [0.2, 0.25) is 0 Å². The maximum Gasteiger partial charge on any atom is 0.416 e. The predicted octanol–water partition coefficient (Wildman–Crippen LogP) is 7.54. The highest BCUT2D eigenvalue weighted by molar-refractivity contribution is 9.10. The molecule has 1 heterocycles. The molecule has 3 atom stereocenters. The smallest absolute Gasteiger partial charge is 0.333 e. The molecule has 3 aromatic carbocycles. The van der Waals surface area contributed by atoms with Crippen LogP contribution in [0.3, 0.4) is 0 Å². The number of imidazole rings is 1. The average Bonchev–Trinajstić information content (AvgIpc) is 3.45. The van der Waals surface area contributed by atoms with Crippen molar-refractivity contribution in [1.29, 1.82) is 5.26 Å². The molecule has 0 saturated heterocycles. The van der Waals surface area contributed by atoms with E-state index in [2.05, 4.69) is 32.3 Å². The normalized spacial score (nSPS) is 13.3. The van der Waals surface area contributed by atoms with Crippen LogP contribution in [-0.4, -0.2) is 31.5 Å². The molecule has 0 aliphatic carbocycles. The largest absolute Gasteiger partial charge is 0.416 e. The second-order valence-electron chi connectivity index (χ2n) is 11.1. The lowest BCUT2D eigenvalue weighted by molar-refractivity contribution is -0.138. The summed E-state index contributed by atoms with van der Waals surface area (Å²) >= 11 is 9.19. The van der Waals surface area contributed by atoms with E-state index < -0.39 is 23.8 Å². The maximum atomic E-state index is 14.1. The third-order valence-corrected chi connectivity index (χ3v) is 8.78. The van der Waals surface area contributed by atoms with Crippen molar-refractivity contribution in [3.63, 3.8) is 0 Å². The van der Waals surface area contributed by atoms with Gasteiger partial charge in [-0.25, -0.2) is 4.98 Å². The van der Waals surface area contributed by atoms with Crippen LogP contribution in [0.4, 0.5) is 18.9 Å². The van der Waals surface area contributed by atoms with Gasteiger partial charge >= 0.3 is 6.18 Å². The van der Waals surface area contributed by atoms with Crippen molar-refractivity contribution in [3.05, 3.63) is 118 Å². The topological polar surface area (TPSA) is 100.0 Å². The Kier molecular flexibility index (Phi) is 11.7. The molecular formula is C34H34BrF3N6OS. The van der Waals surface area contributed by atoms with Crippen LogP contribution >= 0.6 is 28.1 Å². The second kappa shape index (κ2) is 15.5. The molecule has 4 aromatic rings. The minimum atomic E-state index is -4.59. The van der Waals surface area contributed by atoms with Crippen LogP contribution in [0.2, 0.25) is 0 Å². The number of halogens is 4. The molecule has 1 aromatic heterocycles. The molecule has 240 valence electrons. The number of carbonyl (C=O) groups is 1. The Hall–Kier alpha value is -4.05. The first-order valence-corrected chi connectivity index (χ1v) is 15.9. The number of hydrogen-bond donors (Lipinski definition) is 2. The number of nitrogens with two attached hydrogens (primary N) is 1. The molecule has 12 heteroatoms. The highest BCUT2D eigenvalue weighted by atomic mass is 79.9. The number of anilines is 1. The number of carbonyl (C=O) groups excluding carboxylic acids is 1. The van der Waals surface area contributed by atoms with Crippen LogP contribution in [-0.2, 0) is 30.5 Å². The first kappa shape index (κ1) is 34.8. The molecule has 0 aliphatic rings. The lowest BCUT2D eigenvalue weighted by Gasteiger charge is -2.38. The summed E-state index contributed by atoms with van der Waals surface area (Å²) in [5.41, 5.74) is 8.83. The third-order valence-electron chi connectivity index (χ3n) is 7.95. The third kappa shape index (κ3) is 8.81. The number of nitrogens with zero attached hydrogens (tertiary/aromatic N) is 4. The molecule has 0 saturated carbocycles. The van der Waals surface area contributed by atoms with Gasteiger partial charge in [0, 0.05) is 41.6 Å². The van der Waals surface area contributed by atoms with Gasteiger partial charge in [-0.3, -0.25) is 4.79 Å². The highest BCUT2D eigenvalue weighted by Gasteiger charge is 2.38.